The van der Waals surface area contributed by atoms with Crippen molar-refractivity contribution in [3.63, 3.8) is 0 Å². The Balaban J connectivity index is 1.40. The highest BCUT2D eigenvalue weighted by Gasteiger charge is 2.28. The number of imidazole rings is 1. The molecular weight excluding hydrogens is 428 g/mol. The maximum absolute atomic E-state index is 5.02. The fourth-order valence-corrected chi connectivity index (χ4v) is 6.50. The van der Waals surface area contributed by atoms with Crippen LogP contribution in [-0.2, 0) is 12.8 Å². The molecule has 4 nitrogen and oxygen atoms in total. The predicted octanol–water partition coefficient (Wildman–Crippen LogP) is 6.73. The van der Waals surface area contributed by atoms with Gasteiger partial charge in [-0.1, -0.05) is 36.4 Å². The molecule has 0 unspecified atom stereocenters. The summed E-state index contributed by atoms with van der Waals surface area (Å²) in [5, 5.41) is 3.58. The molecule has 0 N–H and O–H groups in total. The molecule has 4 aromatic heterocycles. The molecule has 0 saturated carbocycles. The van der Waals surface area contributed by atoms with Crippen molar-refractivity contribution in [3.05, 3.63) is 108 Å². The highest BCUT2D eigenvalue weighted by atomic mass is 15.1. The van der Waals surface area contributed by atoms with Gasteiger partial charge in [0.15, 0.2) is 5.65 Å². The van der Waals surface area contributed by atoms with E-state index in [1.54, 1.807) is 0 Å². The summed E-state index contributed by atoms with van der Waals surface area (Å²) in [6.07, 6.45) is 7.67. The standard InChI is InChI=1S/C31H18N4/c1-2-5-20-17(4-1)12-18-13-19-14-25-21(24(19)15-23(18)20)7-8-22-29(25)26-16-32-11-9-28(26)35-30(22)34-27-6-3-10-33-31(27)35/h1-11,13,15-16H,12,14H2. The van der Waals surface area contributed by atoms with E-state index in [1.807, 2.05) is 30.7 Å². The van der Waals surface area contributed by atoms with Gasteiger partial charge in [-0.15, -0.1) is 0 Å². The van der Waals surface area contributed by atoms with E-state index in [9.17, 15) is 0 Å². The second kappa shape index (κ2) is 6.10. The molecule has 35 heavy (non-hydrogen) atoms. The highest BCUT2D eigenvalue weighted by Crippen LogP contribution is 2.48. The minimum absolute atomic E-state index is 0.888. The van der Waals surface area contributed by atoms with Crippen LogP contribution < -0.4 is 0 Å². The summed E-state index contributed by atoms with van der Waals surface area (Å²) in [7, 11) is 0. The number of fused-ring (bicyclic) bond motifs is 15. The van der Waals surface area contributed by atoms with E-state index in [-0.39, 0.29) is 0 Å². The summed E-state index contributed by atoms with van der Waals surface area (Å²) < 4.78 is 2.19. The van der Waals surface area contributed by atoms with Gasteiger partial charge in [0.25, 0.3) is 0 Å². The van der Waals surface area contributed by atoms with Crippen molar-refractivity contribution in [1.29, 1.82) is 0 Å². The predicted molar refractivity (Wildman–Crippen MR) is 140 cm³/mol. The molecule has 0 spiro atoms. The minimum Gasteiger partial charge on any atom is -0.276 e. The van der Waals surface area contributed by atoms with E-state index in [1.165, 1.54) is 49.9 Å². The Kier molecular flexibility index (Phi) is 3.11. The van der Waals surface area contributed by atoms with Crippen molar-refractivity contribution in [2.75, 3.05) is 0 Å². The topological polar surface area (TPSA) is 43.1 Å². The van der Waals surface area contributed by atoms with Gasteiger partial charge in [-0.25, -0.2) is 9.97 Å². The number of nitrogens with zero attached hydrogens (tertiary/aromatic N) is 4. The molecule has 0 bridgehead atoms. The Hall–Kier alpha value is -4.57. The van der Waals surface area contributed by atoms with Gasteiger partial charge in [0.1, 0.15) is 11.2 Å². The average Bonchev–Trinajstić information content (AvgIpc) is 3.58. The normalized spacial score (nSPS) is 13.5. The van der Waals surface area contributed by atoms with E-state index in [2.05, 4.69) is 69.0 Å². The fraction of sp³-hybridized carbons (Fsp3) is 0.0645. The zero-order valence-corrected chi connectivity index (χ0v) is 18.8. The highest BCUT2D eigenvalue weighted by molar-refractivity contribution is 6.17. The Morgan fingerprint density at radius 2 is 1.57 bits per heavy atom. The molecule has 0 aliphatic heterocycles. The van der Waals surface area contributed by atoms with Crippen LogP contribution in [0, 0.1) is 0 Å². The van der Waals surface area contributed by atoms with Crippen molar-refractivity contribution in [2.45, 2.75) is 12.8 Å². The van der Waals surface area contributed by atoms with E-state index in [0.29, 0.717) is 0 Å². The minimum atomic E-state index is 0.888. The number of hydrogen-bond donors (Lipinski definition) is 0. The third-order valence-corrected chi connectivity index (χ3v) is 7.95. The van der Waals surface area contributed by atoms with Gasteiger partial charge < -0.3 is 0 Å². The molecule has 9 rings (SSSR count). The first-order valence-electron chi connectivity index (χ1n) is 12.0. The van der Waals surface area contributed by atoms with Gasteiger partial charge in [-0.3, -0.25) is 9.38 Å². The fourth-order valence-electron chi connectivity index (χ4n) is 6.50. The van der Waals surface area contributed by atoms with Crippen molar-refractivity contribution < 1.29 is 0 Å². The van der Waals surface area contributed by atoms with E-state index in [4.69, 9.17) is 4.98 Å². The largest absolute Gasteiger partial charge is 0.276 e. The van der Waals surface area contributed by atoms with Gasteiger partial charge in [0.2, 0.25) is 0 Å². The molecule has 0 fully saturated rings. The average molecular weight is 447 g/mol. The van der Waals surface area contributed by atoms with Crippen LogP contribution in [0.3, 0.4) is 0 Å². The van der Waals surface area contributed by atoms with E-state index < -0.39 is 0 Å². The van der Waals surface area contributed by atoms with Crippen LogP contribution in [0.25, 0.3) is 60.7 Å². The van der Waals surface area contributed by atoms with E-state index in [0.717, 1.165) is 45.9 Å². The van der Waals surface area contributed by atoms with Crippen LogP contribution in [0.5, 0.6) is 0 Å². The lowest BCUT2D eigenvalue weighted by atomic mass is 9.96. The molecule has 4 heteroatoms. The first-order valence-corrected chi connectivity index (χ1v) is 12.0. The molecule has 2 aliphatic carbocycles. The zero-order chi connectivity index (χ0) is 22.7. The molecular formula is C31H18N4. The first-order chi connectivity index (χ1) is 17.3. The van der Waals surface area contributed by atoms with Gasteiger partial charge in [-0.05, 0) is 87.7 Å². The Labute approximate surface area is 200 Å². The van der Waals surface area contributed by atoms with Gasteiger partial charge in [-0.2, -0.15) is 0 Å². The lowest BCUT2D eigenvalue weighted by Crippen LogP contribution is -1.95. The second-order valence-electron chi connectivity index (χ2n) is 9.70. The third kappa shape index (κ3) is 2.15. The van der Waals surface area contributed by atoms with Crippen LogP contribution in [0.1, 0.15) is 22.3 Å². The maximum Gasteiger partial charge on any atom is 0.164 e. The smallest absolute Gasteiger partial charge is 0.164 e. The molecule has 162 valence electrons. The number of rotatable bonds is 0. The molecule has 2 aliphatic rings. The van der Waals surface area contributed by atoms with Crippen LogP contribution >= 0.6 is 0 Å². The summed E-state index contributed by atoms with van der Waals surface area (Å²) in [4.78, 5) is 14.2. The molecule has 0 radical (unpaired) electrons. The van der Waals surface area contributed by atoms with Crippen molar-refractivity contribution >= 4 is 38.5 Å². The van der Waals surface area contributed by atoms with Crippen LogP contribution in [0.2, 0.25) is 0 Å². The molecule has 3 aromatic carbocycles. The van der Waals surface area contributed by atoms with Crippen molar-refractivity contribution in [3.8, 4) is 22.3 Å². The summed E-state index contributed by atoms with van der Waals surface area (Å²) in [6.45, 7) is 0. The lowest BCUT2D eigenvalue weighted by molar-refractivity contribution is 1.22. The maximum atomic E-state index is 5.02. The summed E-state index contributed by atoms with van der Waals surface area (Å²) >= 11 is 0. The first kappa shape index (κ1) is 17.8. The summed E-state index contributed by atoms with van der Waals surface area (Å²) in [5.74, 6) is 0. The lowest BCUT2D eigenvalue weighted by Gasteiger charge is -2.12. The molecule has 4 heterocycles. The summed E-state index contributed by atoms with van der Waals surface area (Å²) in [5.41, 5.74) is 15.0. The molecule has 0 saturated heterocycles. The van der Waals surface area contributed by atoms with Crippen LogP contribution in [0.4, 0.5) is 0 Å². The van der Waals surface area contributed by atoms with E-state index >= 15 is 0 Å². The van der Waals surface area contributed by atoms with Crippen molar-refractivity contribution in [1.82, 2.24) is 19.4 Å². The monoisotopic (exact) mass is 446 g/mol. The second-order valence-corrected chi connectivity index (χ2v) is 9.70. The third-order valence-electron chi connectivity index (χ3n) is 7.95. The number of hydrogen-bond acceptors (Lipinski definition) is 3. The van der Waals surface area contributed by atoms with Gasteiger partial charge in [0, 0.05) is 34.7 Å². The SMILES string of the molecule is c1ccc2c(c1)Cc1cc3c(cc1-2)-c1ccc2c(c1C3)c1cnccc1n1c3ncccc3nc21. The van der Waals surface area contributed by atoms with Gasteiger partial charge in [0.05, 0.1) is 5.52 Å². The number of aromatic nitrogens is 4. The molecule has 0 atom stereocenters. The molecule has 0 amide bonds. The van der Waals surface area contributed by atoms with Crippen LogP contribution in [-0.4, -0.2) is 19.4 Å². The number of benzene rings is 3. The molecule has 7 aromatic rings. The quantitative estimate of drug-likeness (QED) is 0.243. The summed E-state index contributed by atoms with van der Waals surface area (Å²) in [6, 6.07) is 24.3. The Morgan fingerprint density at radius 1 is 0.657 bits per heavy atom. The Morgan fingerprint density at radius 3 is 2.57 bits per heavy atom. The Bertz CT molecular complexity index is 2070. The number of pyridine rings is 3. The van der Waals surface area contributed by atoms with Gasteiger partial charge >= 0.3 is 0 Å². The zero-order valence-electron chi connectivity index (χ0n) is 18.8. The van der Waals surface area contributed by atoms with Crippen molar-refractivity contribution in [2.24, 2.45) is 0 Å². The van der Waals surface area contributed by atoms with Crippen LogP contribution in [0.15, 0.2) is 85.3 Å².